The van der Waals surface area contributed by atoms with E-state index in [9.17, 15) is 4.79 Å². The molecule has 0 spiro atoms. The molecular weight excluding hydrogens is 308 g/mol. The summed E-state index contributed by atoms with van der Waals surface area (Å²) < 4.78 is 5.87. The average molecular weight is 336 g/mol. The number of hydrogen-bond acceptors (Lipinski definition) is 2. The molecule has 2 heteroatoms. The molecule has 25 heavy (non-hydrogen) atoms. The summed E-state index contributed by atoms with van der Waals surface area (Å²) in [5.74, 6) is 0. The van der Waals surface area contributed by atoms with E-state index in [-0.39, 0.29) is 10.8 Å². The lowest BCUT2D eigenvalue weighted by Gasteiger charge is -2.27. The Morgan fingerprint density at radius 2 is 1.20 bits per heavy atom. The molecule has 2 aromatic rings. The molecule has 0 radical (unpaired) electrons. The van der Waals surface area contributed by atoms with Gasteiger partial charge in [-0.3, -0.25) is 4.79 Å². The Kier molecular flexibility index (Phi) is 3.96. The molecule has 0 heterocycles. The molecule has 1 aliphatic rings. The third kappa shape index (κ3) is 2.64. The van der Waals surface area contributed by atoms with Gasteiger partial charge in [-0.15, -0.1) is 0 Å². The molecule has 0 bridgehead atoms. The highest BCUT2D eigenvalue weighted by Crippen LogP contribution is 2.50. The Morgan fingerprint density at radius 3 is 1.48 bits per heavy atom. The molecule has 0 N–H and O–H groups in total. The highest BCUT2D eigenvalue weighted by molar-refractivity contribution is 5.91. The van der Waals surface area contributed by atoms with Gasteiger partial charge in [-0.1, -0.05) is 77.9 Å². The normalized spacial score (nSPS) is 15.6. The van der Waals surface area contributed by atoms with Gasteiger partial charge in [-0.25, -0.2) is 0 Å². The first-order valence-electron chi connectivity index (χ1n) is 8.86. The van der Waals surface area contributed by atoms with Crippen molar-refractivity contribution >= 4 is 6.29 Å². The smallest absolute Gasteiger partial charge is 0.174 e. The first kappa shape index (κ1) is 17.9. The van der Waals surface area contributed by atoms with Crippen molar-refractivity contribution in [1.29, 1.82) is 0 Å². The van der Waals surface area contributed by atoms with Crippen molar-refractivity contribution in [3.05, 3.63) is 58.7 Å². The fourth-order valence-corrected chi connectivity index (χ4v) is 3.65. The van der Waals surface area contributed by atoms with Crippen LogP contribution in [0, 0.1) is 0 Å². The van der Waals surface area contributed by atoms with Crippen LogP contribution < -0.4 is 0 Å². The number of benzene rings is 2. The van der Waals surface area contributed by atoms with Gasteiger partial charge in [0.25, 0.3) is 0 Å². The summed E-state index contributed by atoms with van der Waals surface area (Å²) in [5, 5.41) is 0. The minimum atomic E-state index is -1.02. The van der Waals surface area contributed by atoms with E-state index in [2.05, 4.69) is 77.9 Å². The third-order valence-electron chi connectivity index (χ3n) is 5.35. The number of hydrogen-bond donors (Lipinski definition) is 0. The van der Waals surface area contributed by atoms with Crippen LogP contribution in [0.15, 0.2) is 36.4 Å². The number of carbonyl (C=O) groups excluding carboxylic acids is 1. The van der Waals surface area contributed by atoms with Crippen LogP contribution in [0.1, 0.15) is 63.8 Å². The van der Waals surface area contributed by atoms with Crippen LogP contribution in [-0.2, 0) is 26.0 Å². The summed E-state index contributed by atoms with van der Waals surface area (Å²) in [6.45, 7) is 13.1. The second kappa shape index (κ2) is 5.54. The minimum absolute atomic E-state index is 0.0166. The Hall–Kier alpha value is -1.93. The third-order valence-corrected chi connectivity index (χ3v) is 5.35. The van der Waals surface area contributed by atoms with Crippen molar-refractivity contribution in [2.24, 2.45) is 0 Å². The molecule has 0 saturated heterocycles. The predicted octanol–water partition coefficient (Wildman–Crippen LogP) is 5.35. The molecule has 3 rings (SSSR count). The molecule has 0 aliphatic heterocycles. The lowest BCUT2D eigenvalue weighted by Crippen LogP contribution is -2.30. The maximum atomic E-state index is 12.3. The second-order valence-corrected chi connectivity index (χ2v) is 9.08. The largest absolute Gasteiger partial charge is 0.361 e. The molecular formula is C23H28O2. The van der Waals surface area contributed by atoms with Gasteiger partial charge in [-0.05, 0) is 33.1 Å². The SMILES string of the molecule is COC1(C=O)c2cc(C(C)(C)C)ccc2-c2ccc(C(C)(C)C)cc21. The van der Waals surface area contributed by atoms with Gasteiger partial charge in [0.2, 0.25) is 0 Å². The molecule has 0 saturated carbocycles. The van der Waals surface area contributed by atoms with Crippen molar-refractivity contribution in [3.63, 3.8) is 0 Å². The number of fused-ring (bicyclic) bond motifs is 3. The molecule has 2 aromatic carbocycles. The summed E-state index contributed by atoms with van der Waals surface area (Å²) in [4.78, 5) is 12.3. The maximum Gasteiger partial charge on any atom is 0.174 e. The van der Waals surface area contributed by atoms with Crippen molar-refractivity contribution < 1.29 is 9.53 Å². The van der Waals surface area contributed by atoms with Crippen LogP contribution in [-0.4, -0.2) is 13.4 Å². The number of carbonyl (C=O) groups is 1. The first-order valence-corrected chi connectivity index (χ1v) is 8.86. The van der Waals surface area contributed by atoms with E-state index >= 15 is 0 Å². The van der Waals surface area contributed by atoms with Crippen LogP contribution in [0.2, 0.25) is 0 Å². The van der Waals surface area contributed by atoms with Gasteiger partial charge in [0.1, 0.15) is 0 Å². The van der Waals surface area contributed by atoms with Gasteiger partial charge in [0, 0.05) is 18.2 Å². The van der Waals surface area contributed by atoms with Gasteiger partial charge in [0.15, 0.2) is 11.9 Å². The van der Waals surface area contributed by atoms with Crippen LogP contribution in [0.25, 0.3) is 11.1 Å². The quantitative estimate of drug-likeness (QED) is 0.691. The van der Waals surface area contributed by atoms with E-state index in [1.165, 1.54) is 11.1 Å². The van der Waals surface area contributed by atoms with E-state index in [0.717, 1.165) is 28.5 Å². The molecule has 0 aromatic heterocycles. The maximum absolute atomic E-state index is 12.3. The fraction of sp³-hybridized carbons (Fsp3) is 0.435. The summed E-state index contributed by atoms with van der Waals surface area (Å²) in [5.41, 5.74) is 5.53. The zero-order valence-corrected chi connectivity index (χ0v) is 16.4. The molecule has 1 aliphatic carbocycles. The molecule has 0 atom stereocenters. The molecule has 132 valence electrons. The Balaban J connectivity index is 2.31. The topological polar surface area (TPSA) is 26.3 Å². The number of rotatable bonds is 2. The van der Waals surface area contributed by atoms with Crippen molar-refractivity contribution in [3.8, 4) is 11.1 Å². The summed E-state index contributed by atoms with van der Waals surface area (Å²) in [6.07, 6.45) is 0.955. The molecule has 0 fully saturated rings. The van der Waals surface area contributed by atoms with Crippen LogP contribution in [0.3, 0.4) is 0 Å². The lowest BCUT2D eigenvalue weighted by molar-refractivity contribution is -0.123. The van der Waals surface area contributed by atoms with E-state index < -0.39 is 5.60 Å². The van der Waals surface area contributed by atoms with E-state index in [1.807, 2.05) is 0 Å². The van der Waals surface area contributed by atoms with E-state index in [0.29, 0.717) is 0 Å². The van der Waals surface area contributed by atoms with Crippen molar-refractivity contribution in [2.75, 3.05) is 7.11 Å². The highest BCUT2D eigenvalue weighted by atomic mass is 16.5. The van der Waals surface area contributed by atoms with Crippen molar-refractivity contribution in [2.45, 2.75) is 58.0 Å². The molecule has 0 unspecified atom stereocenters. The second-order valence-electron chi connectivity index (χ2n) is 9.08. The van der Waals surface area contributed by atoms with E-state index in [1.54, 1.807) is 7.11 Å². The minimum Gasteiger partial charge on any atom is -0.361 e. The zero-order valence-electron chi connectivity index (χ0n) is 16.4. The zero-order chi connectivity index (χ0) is 18.6. The van der Waals surface area contributed by atoms with E-state index in [4.69, 9.17) is 4.74 Å². The summed E-state index contributed by atoms with van der Waals surface area (Å²) in [7, 11) is 1.63. The number of aldehydes is 1. The van der Waals surface area contributed by atoms with Crippen LogP contribution in [0.5, 0.6) is 0 Å². The van der Waals surface area contributed by atoms with Gasteiger partial charge < -0.3 is 4.74 Å². The first-order chi connectivity index (χ1) is 11.5. The van der Waals surface area contributed by atoms with Crippen LogP contribution >= 0.6 is 0 Å². The highest BCUT2D eigenvalue weighted by Gasteiger charge is 2.44. The molecule has 2 nitrogen and oxygen atoms in total. The summed E-state index contributed by atoms with van der Waals surface area (Å²) in [6, 6.07) is 12.9. The Morgan fingerprint density at radius 1 is 0.800 bits per heavy atom. The number of methoxy groups -OCH3 is 1. The van der Waals surface area contributed by atoms with Crippen LogP contribution in [0.4, 0.5) is 0 Å². The predicted molar refractivity (Wildman–Crippen MR) is 103 cm³/mol. The number of ether oxygens (including phenoxy) is 1. The standard InChI is InChI=1S/C23H28O2/c1-21(2,3)15-8-10-17-18-11-9-16(22(4,5)6)13-20(18)23(14-24,25-7)19(17)12-15/h8-14H,1-7H3. The summed E-state index contributed by atoms with van der Waals surface area (Å²) >= 11 is 0. The van der Waals surface area contributed by atoms with Gasteiger partial charge in [-0.2, -0.15) is 0 Å². The molecule has 0 amide bonds. The van der Waals surface area contributed by atoms with Gasteiger partial charge in [0.05, 0.1) is 0 Å². The monoisotopic (exact) mass is 336 g/mol. The fourth-order valence-electron chi connectivity index (χ4n) is 3.65. The Bertz CT molecular complexity index is 769. The Labute approximate surface area is 151 Å². The average Bonchev–Trinajstić information content (AvgIpc) is 2.82. The lowest BCUT2D eigenvalue weighted by atomic mass is 9.82. The van der Waals surface area contributed by atoms with Gasteiger partial charge >= 0.3 is 0 Å². The van der Waals surface area contributed by atoms with Crippen molar-refractivity contribution in [1.82, 2.24) is 0 Å².